The lowest BCUT2D eigenvalue weighted by Crippen LogP contribution is -2.51. The van der Waals surface area contributed by atoms with Gasteiger partial charge >= 0.3 is 0 Å². The SMILES string of the molecule is c1cncc(-c2ccc(B(c3ccc(-c4cccnc4)cc3)c3ccc(-c4cccnc4)cc3)cc2)c1. The Morgan fingerprint density at radius 1 is 0.324 bits per heavy atom. The molecule has 6 rings (SSSR count). The van der Waals surface area contributed by atoms with Crippen LogP contribution in [0.25, 0.3) is 33.4 Å². The molecule has 3 aromatic carbocycles. The highest BCUT2D eigenvalue weighted by molar-refractivity contribution is 6.95. The molecule has 3 heterocycles. The van der Waals surface area contributed by atoms with Crippen molar-refractivity contribution in [3.05, 3.63) is 146 Å². The van der Waals surface area contributed by atoms with Crippen LogP contribution in [-0.4, -0.2) is 21.7 Å². The molecule has 0 spiro atoms. The van der Waals surface area contributed by atoms with Crippen LogP contribution in [0.4, 0.5) is 0 Å². The molecule has 4 heteroatoms. The molecule has 0 aliphatic carbocycles. The van der Waals surface area contributed by atoms with Gasteiger partial charge in [0.1, 0.15) is 0 Å². The second-order valence-electron chi connectivity index (χ2n) is 9.02. The van der Waals surface area contributed by atoms with Crippen LogP contribution in [0.15, 0.2) is 146 Å². The summed E-state index contributed by atoms with van der Waals surface area (Å²) in [6.45, 7) is 0.105. The number of pyridine rings is 3. The summed E-state index contributed by atoms with van der Waals surface area (Å²) in [6.07, 6.45) is 11.1. The van der Waals surface area contributed by atoms with Gasteiger partial charge in [-0.1, -0.05) is 107 Å². The Morgan fingerprint density at radius 2 is 0.622 bits per heavy atom. The molecule has 0 aliphatic rings. The third kappa shape index (κ3) is 4.96. The highest BCUT2D eigenvalue weighted by atomic mass is 14.6. The highest BCUT2D eigenvalue weighted by Crippen LogP contribution is 2.19. The van der Waals surface area contributed by atoms with Crippen molar-refractivity contribution in [3.63, 3.8) is 0 Å². The predicted molar refractivity (Wildman–Crippen MR) is 154 cm³/mol. The van der Waals surface area contributed by atoms with E-state index in [0.29, 0.717) is 0 Å². The van der Waals surface area contributed by atoms with Gasteiger partial charge in [0.2, 0.25) is 6.71 Å². The van der Waals surface area contributed by atoms with Crippen molar-refractivity contribution in [1.82, 2.24) is 15.0 Å². The lowest BCUT2D eigenvalue weighted by Gasteiger charge is -2.17. The van der Waals surface area contributed by atoms with Crippen LogP contribution in [0.2, 0.25) is 0 Å². The summed E-state index contributed by atoms with van der Waals surface area (Å²) in [5, 5.41) is 0. The molecule has 0 amide bonds. The van der Waals surface area contributed by atoms with Gasteiger partial charge in [0.25, 0.3) is 0 Å². The number of benzene rings is 3. The van der Waals surface area contributed by atoms with Gasteiger partial charge in [-0.15, -0.1) is 0 Å². The van der Waals surface area contributed by atoms with Crippen molar-refractivity contribution in [2.45, 2.75) is 0 Å². The quantitative estimate of drug-likeness (QED) is 0.305. The summed E-state index contributed by atoms with van der Waals surface area (Å²) in [4.78, 5) is 12.8. The molecule has 37 heavy (non-hydrogen) atoms. The lowest BCUT2D eigenvalue weighted by molar-refractivity contribution is 1.33. The molecule has 0 aliphatic heterocycles. The number of hydrogen-bond donors (Lipinski definition) is 0. The lowest BCUT2D eigenvalue weighted by atomic mass is 9.37. The van der Waals surface area contributed by atoms with Gasteiger partial charge in [0.05, 0.1) is 0 Å². The zero-order valence-electron chi connectivity index (χ0n) is 20.3. The maximum Gasteiger partial charge on any atom is 0.241 e. The van der Waals surface area contributed by atoms with Crippen LogP contribution in [0, 0.1) is 0 Å². The average Bonchev–Trinajstić information content (AvgIpc) is 3.00. The molecule has 0 atom stereocenters. The van der Waals surface area contributed by atoms with Crippen molar-refractivity contribution in [2.75, 3.05) is 0 Å². The van der Waals surface area contributed by atoms with E-state index in [2.05, 4.69) is 106 Å². The summed E-state index contributed by atoms with van der Waals surface area (Å²) in [5.74, 6) is 0. The molecule has 0 unspecified atom stereocenters. The minimum Gasteiger partial charge on any atom is -0.264 e. The van der Waals surface area contributed by atoms with Crippen molar-refractivity contribution < 1.29 is 0 Å². The molecular weight excluding hydrogens is 449 g/mol. The molecule has 6 aromatic rings. The molecule has 0 N–H and O–H groups in total. The summed E-state index contributed by atoms with van der Waals surface area (Å²) >= 11 is 0. The molecule has 0 saturated carbocycles. The van der Waals surface area contributed by atoms with E-state index in [4.69, 9.17) is 0 Å². The smallest absolute Gasteiger partial charge is 0.241 e. The van der Waals surface area contributed by atoms with Crippen LogP contribution in [0.5, 0.6) is 0 Å². The third-order valence-corrected chi connectivity index (χ3v) is 6.72. The Morgan fingerprint density at radius 3 is 0.865 bits per heavy atom. The Bertz CT molecular complexity index is 1370. The van der Waals surface area contributed by atoms with E-state index >= 15 is 0 Å². The van der Waals surface area contributed by atoms with E-state index in [1.807, 2.05) is 36.8 Å². The molecule has 0 bridgehead atoms. The minimum absolute atomic E-state index is 0.105. The zero-order valence-corrected chi connectivity index (χ0v) is 20.3. The molecule has 3 nitrogen and oxygen atoms in total. The Kier molecular flexibility index (Phi) is 6.38. The van der Waals surface area contributed by atoms with Crippen LogP contribution in [0.1, 0.15) is 0 Å². The molecule has 174 valence electrons. The van der Waals surface area contributed by atoms with E-state index < -0.39 is 0 Å². The van der Waals surface area contributed by atoms with E-state index in [-0.39, 0.29) is 6.71 Å². The van der Waals surface area contributed by atoms with E-state index in [1.165, 1.54) is 16.4 Å². The average molecular weight is 473 g/mol. The predicted octanol–water partition coefficient (Wildman–Crippen LogP) is 5.39. The number of aromatic nitrogens is 3. The van der Waals surface area contributed by atoms with Crippen molar-refractivity contribution >= 4 is 23.1 Å². The topological polar surface area (TPSA) is 38.7 Å². The highest BCUT2D eigenvalue weighted by Gasteiger charge is 2.22. The first kappa shape index (κ1) is 22.6. The van der Waals surface area contributed by atoms with Gasteiger partial charge in [-0.05, 0) is 51.6 Å². The zero-order chi connectivity index (χ0) is 24.9. The fourth-order valence-electron chi connectivity index (χ4n) is 4.78. The normalized spacial score (nSPS) is 10.7. The van der Waals surface area contributed by atoms with Crippen LogP contribution < -0.4 is 16.4 Å². The van der Waals surface area contributed by atoms with Gasteiger partial charge in [0, 0.05) is 37.2 Å². The van der Waals surface area contributed by atoms with Gasteiger partial charge < -0.3 is 0 Å². The Balaban J connectivity index is 1.38. The molecule has 0 radical (unpaired) electrons. The second kappa shape index (κ2) is 10.4. The van der Waals surface area contributed by atoms with Crippen LogP contribution >= 0.6 is 0 Å². The van der Waals surface area contributed by atoms with Crippen molar-refractivity contribution in [3.8, 4) is 33.4 Å². The maximum absolute atomic E-state index is 4.27. The van der Waals surface area contributed by atoms with Crippen LogP contribution in [-0.2, 0) is 0 Å². The summed E-state index contributed by atoms with van der Waals surface area (Å²) in [6, 6.07) is 38.7. The molecule has 0 saturated heterocycles. The first-order valence-electron chi connectivity index (χ1n) is 12.4. The van der Waals surface area contributed by atoms with E-state index in [0.717, 1.165) is 33.4 Å². The molecule has 3 aromatic heterocycles. The third-order valence-electron chi connectivity index (χ3n) is 6.72. The molecular formula is C33H24BN3. The summed E-state index contributed by atoms with van der Waals surface area (Å²) < 4.78 is 0. The summed E-state index contributed by atoms with van der Waals surface area (Å²) in [5.41, 5.74) is 10.6. The molecule has 0 fully saturated rings. The van der Waals surface area contributed by atoms with Gasteiger partial charge in [0.15, 0.2) is 0 Å². The Labute approximate surface area is 217 Å². The van der Waals surface area contributed by atoms with Crippen molar-refractivity contribution in [2.24, 2.45) is 0 Å². The standard InChI is InChI=1S/C33H24BN3/c1-4-28(22-35-19-1)25-7-13-31(14-8-25)34(32-15-9-26(10-16-32)29-5-2-20-36-23-29)33-17-11-27(12-18-33)30-6-3-21-37-24-30/h1-24H. The fourth-order valence-corrected chi connectivity index (χ4v) is 4.78. The van der Waals surface area contributed by atoms with Gasteiger partial charge in [-0.25, -0.2) is 0 Å². The number of hydrogen-bond acceptors (Lipinski definition) is 3. The maximum atomic E-state index is 4.27. The number of nitrogens with zero attached hydrogens (tertiary/aromatic N) is 3. The minimum atomic E-state index is 0.105. The monoisotopic (exact) mass is 473 g/mol. The van der Waals surface area contributed by atoms with Gasteiger partial charge in [-0.2, -0.15) is 0 Å². The largest absolute Gasteiger partial charge is 0.264 e. The van der Waals surface area contributed by atoms with Gasteiger partial charge in [-0.3, -0.25) is 15.0 Å². The Hall–Kier alpha value is -4.83. The number of rotatable bonds is 6. The van der Waals surface area contributed by atoms with Crippen molar-refractivity contribution in [1.29, 1.82) is 0 Å². The summed E-state index contributed by atoms with van der Waals surface area (Å²) in [7, 11) is 0. The van der Waals surface area contributed by atoms with Crippen LogP contribution in [0.3, 0.4) is 0 Å². The fraction of sp³-hybridized carbons (Fsp3) is 0. The first-order valence-corrected chi connectivity index (χ1v) is 12.4. The first-order chi connectivity index (χ1) is 18.3. The van der Waals surface area contributed by atoms with E-state index in [1.54, 1.807) is 18.6 Å². The second-order valence-corrected chi connectivity index (χ2v) is 9.02. The van der Waals surface area contributed by atoms with E-state index in [9.17, 15) is 0 Å².